The van der Waals surface area contributed by atoms with Crippen molar-refractivity contribution in [2.45, 2.75) is 57.5 Å². The number of nitrogens with two attached hydrogens (primary N) is 1. The summed E-state index contributed by atoms with van der Waals surface area (Å²) >= 11 is 1.62. The van der Waals surface area contributed by atoms with Crippen LogP contribution in [0.2, 0.25) is 0 Å². The number of halogens is 1. The van der Waals surface area contributed by atoms with Crippen molar-refractivity contribution >= 4 is 32.8 Å². The minimum Gasteiger partial charge on any atom is -0.369 e. The highest BCUT2D eigenvalue weighted by atomic mass is 32.2. The second-order valence-electron chi connectivity index (χ2n) is 10.2. The minimum absolute atomic E-state index is 0.151. The van der Waals surface area contributed by atoms with E-state index < -0.39 is 27.8 Å². The summed E-state index contributed by atoms with van der Waals surface area (Å²) in [5.41, 5.74) is 8.36. The maximum Gasteiger partial charge on any atom is 0.221 e. The van der Waals surface area contributed by atoms with Gasteiger partial charge in [-0.2, -0.15) is 0 Å². The number of nitrogens with zero attached hydrogens (tertiary/aromatic N) is 2. The molecule has 1 aliphatic carbocycles. The molecule has 6 nitrogen and oxygen atoms in total. The maximum absolute atomic E-state index is 14.1. The number of hydrogen-bond acceptors (Lipinski definition) is 6. The molecule has 1 saturated carbocycles. The Bertz CT molecular complexity index is 1110. The molecule has 2 aromatic rings. The zero-order valence-electron chi connectivity index (χ0n) is 19.4. The van der Waals surface area contributed by atoms with Gasteiger partial charge in [0.2, 0.25) is 5.91 Å². The quantitative estimate of drug-likeness (QED) is 0.694. The molecular formula is C24H32FN3O3S2. The zero-order valence-corrected chi connectivity index (χ0v) is 21.0. The van der Waals surface area contributed by atoms with E-state index in [2.05, 4.69) is 25.7 Å². The lowest BCUT2D eigenvalue weighted by Crippen LogP contribution is -2.40. The molecular weight excluding hydrogens is 461 g/mol. The number of aromatic nitrogens is 1. The van der Waals surface area contributed by atoms with Crippen LogP contribution in [0, 0.1) is 5.92 Å². The topological polar surface area (TPSA) is 93.4 Å². The molecule has 1 aromatic heterocycles. The SMILES string of the molecule is CC(C)(C)c1nc([C@@H]2CC[C@H](F)C[C@H]2C(N)=O)c(-c2ccc(N3CCS(=O)(=O)CC3)cc2)s1. The van der Waals surface area contributed by atoms with Gasteiger partial charge in [0.15, 0.2) is 9.84 Å². The van der Waals surface area contributed by atoms with E-state index in [9.17, 15) is 17.6 Å². The summed E-state index contributed by atoms with van der Waals surface area (Å²) < 4.78 is 37.6. The molecule has 3 atom stereocenters. The van der Waals surface area contributed by atoms with Crippen molar-refractivity contribution in [1.29, 1.82) is 0 Å². The molecule has 1 aliphatic heterocycles. The number of anilines is 1. The van der Waals surface area contributed by atoms with Crippen LogP contribution in [0.5, 0.6) is 0 Å². The standard InChI is InChI=1S/C24H32FN3O3S2/c1-24(2,3)23-27-20(18-9-6-16(25)14-19(18)22(26)29)21(32-23)15-4-7-17(8-5-15)28-10-12-33(30,31)13-11-28/h4-5,7-8,16,18-19H,6,9-14H2,1-3H3,(H2,26,29)/t16-,18+,19+/m0/s1. The number of hydrogen-bond donors (Lipinski definition) is 1. The summed E-state index contributed by atoms with van der Waals surface area (Å²) in [4.78, 5) is 20.3. The second-order valence-corrected chi connectivity index (χ2v) is 13.5. The van der Waals surface area contributed by atoms with Gasteiger partial charge in [0, 0.05) is 36.0 Å². The first-order valence-corrected chi connectivity index (χ1v) is 14.1. The number of primary amides is 1. The Labute approximate surface area is 199 Å². The molecule has 0 unspecified atom stereocenters. The highest BCUT2D eigenvalue weighted by Crippen LogP contribution is 2.46. The summed E-state index contributed by atoms with van der Waals surface area (Å²) in [5, 5.41) is 0.975. The van der Waals surface area contributed by atoms with E-state index in [0.29, 0.717) is 25.9 Å². The fraction of sp³-hybridized carbons (Fsp3) is 0.583. The van der Waals surface area contributed by atoms with Crippen LogP contribution in [0.4, 0.5) is 10.1 Å². The molecule has 2 heterocycles. The Morgan fingerprint density at radius 3 is 2.36 bits per heavy atom. The molecule has 1 saturated heterocycles. The normalized spacial score (nSPS) is 25.7. The molecule has 2 fully saturated rings. The lowest BCUT2D eigenvalue weighted by Gasteiger charge is -2.31. The first-order chi connectivity index (χ1) is 15.4. The predicted molar refractivity (Wildman–Crippen MR) is 131 cm³/mol. The molecule has 180 valence electrons. The number of thiazole rings is 1. The third-order valence-electron chi connectivity index (χ3n) is 6.64. The van der Waals surface area contributed by atoms with Crippen LogP contribution in [-0.4, -0.2) is 50.1 Å². The smallest absolute Gasteiger partial charge is 0.221 e. The van der Waals surface area contributed by atoms with Gasteiger partial charge in [-0.3, -0.25) is 4.79 Å². The van der Waals surface area contributed by atoms with Crippen molar-refractivity contribution in [2.24, 2.45) is 11.7 Å². The molecule has 9 heteroatoms. The highest BCUT2D eigenvalue weighted by Gasteiger charge is 2.39. The molecule has 2 N–H and O–H groups in total. The van der Waals surface area contributed by atoms with E-state index in [1.54, 1.807) is 11.3 Å². The lowest BCUT2D eigenvalue weighted by molar-refractivity contribution is -0.124. The summed E-state index contributed by atoms with van der Waals surface area (Å²) in [5.74, 6) is -0.863. The van der Waals surface area contributed by atoms with Crippen molar-refractivity contribution in [3.63, 3.8) is 0 Å². The molecule has 2 aliphatic rings. The maximum atomic E-state index is 14.1. The lowest BCUT2D eigenvalue weighted by atomic mass is 9.75. The largest absolute Gasteiger partial charge is 0.369 e. The Hall–Kier alpha value is -2.00. The van der Waals surface area contributed by atoms with Gasteiger partial charge in [-0.15, -0.1) is 11.3 Å². The monoisotopic (exact) mass is 493 g/mol. The first kappa shape index (κ1) is 24.1. The highest BCUT2D eigenvalue weighted by molar-refractivity contribution is 7.91. The Morgan fingerprint density at radius 1 is 1.15 bits per heavy atom. The predicted octanol–water partition coefficient (Wildman–Crippen LogP) is 4.05. The average Bonchev–Trinajstić information content (AvgIpc) is 3.20. The number of carbonyl (C=O) groups excluding carboxylic acids is 1. The molecule has 1 amide bonds. The third kappa shape index (κ3) is 5.24. The van der Waals surface area contributed by atoms with E-state index in [-0.39, 0.29) is 29.3 Å². The van der Waals surface area contributed by atoms with Gasteiger partial charge in [-0.1, -0.05) is 32.9 Å². The van der Waals surface area contributed by atoms with E-state index in [1.807, 2.05) is 24.3 Å². The number of amides is 1. The zero-order chi connectivity index (χ0) is 24.0. The summed E-state index contributed by atoms with van der Waals surface area (Å²) in [6, 6.07) is 8.08. The van der Waals surface area contributed by atoms with Gasteiger partial charge in [-0.05, 0) is 37.0 Å². The second kappa shape index (κ2) is 8.98. The van der Waals surface area contributed by atoms with Crippen molar-refractivity contribution in [3.05, 3.63) is 35.0 Å². The number of benzene rings is 1. The molecule has 0 bridgehead atoms. The first-order valence-electron chi connectivity index (χ1n) is 11.4. The van der Waals surface area contributed by atoms with E-state index >= 15 is 0 Å². The number of rotatable bonds is 4. The van der Waals surface area contributed by atoms with Gasteiger partial charge >= 0.3 is 0 Å². The van der Waals surface area contributed by atoms with Crippen LogP contribution in [0.15, 0.2) is 24.3 Å². The molecule has 0 spiro atoms. The Morgan fingerprint density at radius 2 is 1.79 bits per heavy atom. The minimum atomic E-state index is -2.93. The molecule has 4 rings (SSSR count). The fourth-order valence-electron chi connectivity index (χ4n) is 4.67. The van der Waals surface area contributed by atoms with E-state index in [4.69, 9.17) is 10.7 Å². The van der Waals surface area contributed by atoms with Crippen molar-refractivity contribution in [3.8, 4) is 10.4 Å². The van der Waals surface area contributed by atoms with Gasteiger partial charge in [0.25, 0.3) is 0 Å². The molecule has 33 heavy (non-hydrogen) atoms. The van der Waals surface area contributed by atoms with Gasteiger partial charge < -0.3 is 10.6 Å². The van der Waals surface area contributed by atoms with Crippen LogP contribution in [0.25, 0.3) is 10.4 Å². The van der Waals surface area contributed by atoms with Gasteiger partial charge in [-0.25, -0.2) is 17.8 Å². The van der Waals surface area contributed by atoms with Gasteiger partial charge in [0.05, 0.1) is 27.1 Å². The van der Waals surface area contributed by atoms with Crippen molar-refractivity contribution in [1.82, 2.24) is 4.98 Å². The average molecular weight is 494 g/mol. The summed E-state index contributed by atoms with van der Waals surface area (Å²) in [7, 11) is -2.93. The summed E-state index contributed by atoms with van der Waals surface area (Å²) in [6.07, 6.45) is 0.108. The van der Waals surface area contributed by atoms with E-state index in [1.165, 1.54) is 0 Å². The fourth-order valence-corrected chi connectivity index (χ4v) is 7.07. The molecule has 0 radical (unpaired) electrons. The van der Waals surface area contributed by atoms with Crippen LogP contribution in [0.1, 0.15) is 56.7 Å². The van der Waals surface area contributed by atoms with E-state index in [0.717, 1.165) is 26.8 Å². The number of sulfone groups is 1. The van der Waals surface area contributed by atoms with Gasteiger partial charge in [0.1, 0.15) is 6.17 Å². The Balaban J connectivity index is 1.68. The number of alkyl halides is 1. The molecule has 1 aromatic carbocycles. The number of carbonyl (C=O) groups is 1. The van der Waals surface area contributed by atoms with Crippen LogP contribution < -0.4 is 10.6 Å². The van der Waals surface area contributed by atoms with Crippen molar-refractivity contribution in [2.75, 3.05) is 29.5 Å². The third-order valence-corrected chi connectivity index (χ3v) is 9.79. The van der Waals surface area contributed by atoms with Crippen LogP contribution in [-0.2, 0) is 20.0 Å². The Kier molecular flexibility index (Phi) is 6.57. The van der Waals surface area contributed by atoms with Crippen LogP contribution >= 0.6 is 11.3 Å². The summed E-state index contributed by atoms with van der Waals surface area (Å²) in [6.45, 7) is 7.31. The van der Waals surface area contributed by atoms with Crippen LogP contribution in [0.3, 0.4) is 0 Å². The van der Waals surface area contributed by atoms with Crippen molar-refractivity contribution < 1.29 is 17.6 Å².